The topological polar surface area (TPSA) is 49.4 Å². The highest BCUT2D eigenvalue weighted by molar-refractivity contribution is 6.61. The van der Waals surface area contributed by atoms with E-state index in [1.165, 1.54) is 12.5 Å². The largest absolute Gasteiger partial charge is 0.506 e. The van der Waals surface area contributed by atoms with Crippen molar-refractivity contribution in [3.63, 3.8) is 0 Å². The summed E-state index contributed by atoms with van der Waals surface area (Å²) < 4.78 is 33.1. The van der Waals surface area contributed by atoms with Crippen LogP contribution in [0.3, 0.4) is 0 Å². The molecule has 1 heterocycles. The summed E-state index contributed by atoms with van der Waals surface area (Å²) in [4.78, 5) is 0. The van der Waals surface area contributed by atoms with Crippen LogP contribution in [0.1, 0.15) is 41.0 Å². The predicted molar refractivity (Wildman–Crippen MR) is 101 cm³/mol. The zero-order valence-corrected chi connectivity index (χ0v) is 18.7. The van der Waals surface area contributed by atoms with E-state index < -0.39 is 14.6 Å². The third-order valence-corrected chi connectivity index (χ3v) is 9.20. The first-order valence-corrected chi connectivity index (χ1v) is 13.1. The van der Waals surface area contributed by atoms with E-state index in [0.29, 0.717) is 39.1 Å². The fraction of sp³-hybridized carbons (Fsp3) is 1.00. The number of ether oxygens (including phenoxy) is 2. The highest BCUT2D eigenvalue weighted by Crippen LogP contribution is 2.31. The van der Waals surface area contributed by atoms with Gasteiger partial charge in [-0.2, -0.15) is 0 Å². The van der Waals surface area contributed by atoms with Crippen LogP contribution in [0.25, 0.3) is 0 Å². The van der Waals surface area contributed by atoms with Crippen LogP contribution in [0.15, 0.2) is 0 Å². The molecule has 144 valence electrons. The van der Waals surface area contributed by atoms with Crippen molar-refractivity contribution in [2.45, 2.75) is 58.9 Å². The predicted octanol–water partition coefficient (Wildman–Crippen LogP) is 2.01. The lowest BCUT2D eigenvalue weighted by atomic mass is 10.3. The molecule has 1 fully saturated rings. The van der Waals surface area contributed by atoms with Crippen LogP contribution in [0.4, 0.5) is 0 Å². The van der Waals surface area contributed by atoms with E-state index in [0.717, 1.165) is 13.1 Å². The van der Waals surface area contributed by atoms with Crippen LogP contribution in [0.5, 0.6) is 0 Å². The van der Waals surface area contributed by atoms with Gasteiger partial charge in [0.1, 0.15) is 0 Å². The lowest BCUT2D eigenvalue weighted by molar-refractivity contribution is -0.229. The smallest absolute Gasteiger partial charge is 0.374 e. The van der Waals surface area contributed by atoms with Crippen molar-refractivity contribution in [1.82, 2.24) is 4.57 Å². The zero-order valence-electron chi connectivity index (χ0n) is 16.3. The first-order valence-electron chi connectivity index (χ1n) is 9.51. The Bertz CT molecular complexity index is 307. The molecule has 24 heavy (non-hydrogen) atoms. The second-order valence-corrected chi connectivity index (χ2v) is 10.6. The molecule has 0 spiro atoms. The molecule has 1 aliphatic heterocycles. The summed E-state index contributed by atoms with van der Waals surface area (Å²) in [5.41, 5.74) is 0. The Labute approximate surface area is 151 Å². The minimum absolute atomic E-state index is 0.178. The standard InChI is InChI=1S/C16H37NO5Si2/c1-6-18-16(19-7-2,14-17-12-11-13-23-17)15-24(20-8-3,21-9-4)22-10-5/h6-15,23H2,1-5H3. The molecule has 8 heteroatoms. The molecule has 0 amide bonds. The third kappa shape index (κ3) is 6.83. The second-order valence-electron chi connectivity index (χ2n) is 5.92. The van der Waals surface area contributed by atoms with E-state index in [-0.39, 0.29) is 9.68 Å². The third-order valence-electron chi connectivity index (χ3n) is 4.06. The summed E-state index contributed by atoms with van der Waals surface area (Å²) in [5.74, 6) is -0.702. The molecule has 1 rings (SSSR count). The van der Waals surface area contributed by atoms with Gasteiger partial charge >= 0.3 is 8.80 Å². The Morgan fingerprint density at radius 2 is 1.42 bits per heavy atom. The summed E-state index contributed by atoms with van der Waals surface area (Å²) in [6.07, 6.45) is 1.30. The number of hydrogen-bond acceptors (Lipinski definition) is 6. The average Bonchev–Trinajstić information content (AvgIpc) is 3.01. The first-order chi connectivity index (χ1) is 11.6. The number of nitrogens with zero attached hydrogens (tertiary/aromatic N) is 1. The quantitative estimate of drug-likeness (QED) is 0.340. The maximum Gasteiger partial charge on any atom is 0.506 e. The fourth-order valence-corrected chi connectivity index (χ4v) is 8.06. The maximum absolute atomic E-state index is 6.18. The summed E-state index contributed by atoms with van der Waals surface area (Å²) in [7, 11) is -3.02. The van der Waals surface area contributed by atoms with Gasteiger partial charge in [0.05, 0.1) is 15.7 Å². The molecule has 0 radical (unpaired) electrons. The van der Waals surface area contributed by atoms with Crippen molar-refractivity contribution in [3.05, 3.63) is 0 Å². The molecule has 0 saturated carbocycles. The summed E-state index contributed by atoms with van der Waals surface area (Å²) >= 11 is 0. The van der Waals surface area contributed by atoms with E-state index >= 15 is 0 Å². The SMILES string of the molecule is CCOC(CN1CCC[SiH2]1)(C[Si](OCC)(OCC)OCC)OCC. The van der Waals surface area contributed by atoms with Crippen molar-refractivity contribution in [2.24, 2.45) is 0 Å². The molecule has 1 saturated heterocycles. The molecule has 0 aliphatic carbocycles. The van der Waals surface area contributed by atoms with Crippen LogP contribution in [0.2, 0.25) is 12.1 Å². The summed E-state index contributed by atoms with van der Waals surface area (Å²) in [5, 5.41) is 0. The summed E-state index contributed by atoms with van der Waals surface area (Å²) in [6, 6.07) is 1.92. The Hall–Kier alpha value is 0.194. The van der Waals surface area contributed by atoms with Gasteiger partial charge in [-0.25, -0.2) is 0 Å². The van der Waals surface area contributed by atoms with E-state index in [9.17, 15) is 0 Å². The molecular weight excluding hydrogens is 342 g/mol. The van der Waals surface area contributed by atoms with Crippen LogP contribution in [0, 0.1) is 0 Å². The van der Waals surface area contributed by atoms with Crippen molar-refractivity contribution >= 4 is 18.5 Å². The molecular formula is C16H37NO5Si2. The Morgan fingerprint density at radius 3 is 1.79 bits per heavy atom. The molecule has 0 unspecified atom stereocenters. The molecule has 0 aromatic rings. The van der Waals surface area contributed by atoms with Crippen LogP contribution >= 0.6 is 0 Å². The minimum atomic E-state index is -2.84. The maximum atomic E-state index is 6.18. The van der Waals surface area contributed by atoms with Gasteiger partial charge in [-0.3, -0.25) is 0 Å². The molecule has 6 nitrogen and oxygen atoms in total. The van der Waals surface area contributed by atoms with E-state index in [2.05, 4.69) is 4.57 Å². The Morgan fingerprint density at radius 1 is 0.875 bits per heavy atom. The Balaban J connectivity index is 3.02. The lowest BCUT2D eigenvalue weighted by Crippen LogP contribution is -2.57. The first kappa shape index (κ1) is 22.2. The molecule has 0 atom stereocenters. The minimum Gasteiger partial charge on any atom is -0.374 e. The van der Waals surface area contributed by atoms with Crippen molar-refractivity contribution in [2.75, 3.05) is 46.1 Å². The van der Waals surface area contributed by atoms with E-state index in [1.807, 2.05) is 34.6 Å². The summed E-state index contributed by atoms with van der Waals surface area (Å²) in [6.45, 7) is 14.8. The fourth-order valence-electron chi connectivity index (χ4n) is 3.37. The van der Waals surface area contributed by atoms with Gasteiger partial charge in [0.25, 0.3) is 0 Å². The van der Waals surface area contributed by atoms with Gasteiger partial charge in [-0.05, 0) is 53.6 Å². The molecule has 0 aromatic carbocycles. The van der Waals surface area contributed by atoms with Gasteiger partial charge in [-0.15, -0.1) is 0 Å². The van der Waals surface area contributed by atoms with Crippen molar-refractivity contribution in [3.8, 4) is 0 Å². The second kappa shape index (κ2) is 11.7. The molecule has 1 aliphatic rings. The van der Waals surface area contributed by atoms with Crippen LogP contribution in [-0.4, -0.2) is 75.0 Å². The van der Waals surface area contributed by atoms with Gasteiger partial charge in [-0.1, -0.05) is 0 Å². The van der Waals surface area contributed by atoms with E-state index in [4.69, 9.17) is 22.8 Å². The lowest BCUT2D eigenvalue weighted by Gasteiger charge is -2.41. The highest BCUT2D eigenvalue weighted by atomic mass is 28.4. The normalized spacial score (nSPS) is 17.9. The van der Waals surface area contributed by atoms with E-state index in [1.54, 1.807) is 0 Å². The molecule has 0 N–H and O–H groups in total. The van der Waals surface area contributed by atoms with Crippen molar-refractivity contribution < 1.29 is 22.8 Å². The highest BCUT2D eigenvalue weighted by Gasteiger charge is 2.51. The number of hydrogen-bond donors (Lipinski definition) is 0. The van der Waals surface area contributed by atoms with Crippen LogP contribution < -0.4 is 0 Å². The van der Waals surface area contributed by atoms with Gasteiger partial charge in [0, 0.05) is 39.6 Å². The van der Waals surface area contributed by atoms with Crippen molar-refractivity contribution in [1.29, 1.82) is 0 Å². The number of rotatable bonds is 14. The average molecular weight is 380 g/mol. The Kier molecular flexibility index (Phi) is 10.9. The van der Waals surface area contributed by atoms with Crippen LogP contribution in [-0.2, 0) is 22.8 Å². The zero-order chi connectivity index (χ0) is 17.9. The van der Waals surface area contributed by atoms with Gasteiger partial charge in [0.15, 0.2) is 5.79 Å². The van der Waals surface area contributed by atoms with Gasteiger partial charge < -0.3 is 27.3 Å². The van der Waals surface area contributed by atoms with Gasteiger partial charge in [0.2, 0.25) is 0 Å². The monoisotopic (exact) mass is 379 g/mol. The molecule has 0 bridgehead atoms. The molecule has 0 aromatic heterocycles.